The van der Waals surface area contributed by atoms with Gasteiger partial charge < -0.3 is 146 Å². The summed E-state index contributed by atoms with van der Waals surface area (Å²) < 4.78 is 66.4. The number of hydrogen-bond acceptors (Lipinski definition) is 34. The number of nitrogens with two attached hydrogens (primary N) is 1. The van der Waals surface area contributed by atoms with Crippen LogP contribution in [0.1, 0.15) is 142 Å². The summed E-state index contributed by atoms with van der Waals surface area (Å²) in [5.74, 6) is -4.44. The molecule has 0 spiro atoms. The molecule has 6 aliphatic rings. The molecule has 47 heteroatoms. The van der Waals surface area contributed by atoms with Crippen molar-refractivity contribution in [1.29, 1.82) is 0 Å². The lowest BCUT2D eigenvalue weighted by molar-refractivity contribution is -0.161. The Balaban J connectivity index is 0.000000553. The van der Waals surface area contributed by atoms with E-state index in [2.05, 4.69) is 42.1 Å². The minimum atomic E-state index is -1.19. The van der Waals surface area contributed by atoms with Crippen molar-refractivity contribution in [2.45, 2.75) is 242 Å². The van der Waals surface area contributed by atoms with Crippen molar-refractivity contribution >= 4 is 129 Å². The zero-order valence-corrected chi connectivity index (χ0v) is 84.7. The van der Waals surface area contributed by atoms with E-state index in [0.29, 0.717) is 129 Å². The number of aliphatic carboxylic acids is 1. The van der Waals surface area contributed by atoms with Crippen LogP contribution >= 0.6 is 58.5 Å². The summed E-state index contributed by atoms with van der Waals surface area (Å²) in [5, 5.41) is 106. The zero-order valence-electron chi connectivity index (χ0n) is 80.8. The second-order valence-electron chi connectivity index (χ2n) is 34.8. The molecule has 792 valence electrons. The van der Waals surface area contributed by atoms with Crippen LogP contribution in [0.5, 0.6) is 0 Å². The first kappa shape index (κ1) is 123. The molecule has 5 heterocycles. The summed E-state index contributed by atoms with van der Waals surface area (Å²) in [5.41, 5.74) is 5.43. The molecule has 5 saturated heterocycles. The van der Waals surface area contributed by atoms with Crippen molar-refractivity contribution in [1.82, 2.24) is 41.6 Å². The van der Waals surface area contributed by atoms with Gasteiger partial charge in [0.25, 0.3) is 5.91 Å². The minimum Gasteiger partial charge on any atom is -0.480 e. The number of imide groups is 1. The molecule has 22 atom stereocenters. The van der Waals surface area contributed by atoms with Crippen molar-refractivity contribution in [3.63, 3.8) is 0 Å². The van der Waals surface area contributed by atoms with Gasteiger partial charge in [0.1, 0.15) is 6.04 Å². The van der Waals surface area contributed by atoms with Gasteiger partial charge in [0.15, 0.2) is 0 Å². The number of carboxylic acids is 1. The maximum atomic E-state index is 13.7. The summed E-state index contributed by atoms with van der Waals surface area (Å²) in [6.45, 7) is 21.1. The Kier molecular flexibility index (Phi) is 59.5. The van der Waals surface area contributed by atoms with Crippen molar-refractivity contribution in [2.75, 3.05) is 174 Å². The number of primary amides is 1. The van der Waals surface area contributed by atoms with E-state index in [0.717, 1.165) is 17.7 Å². The minimum absolute atomic E-state index is 0.0103. The molecular weight excluding hydrogens is 1930 g/mol. The Morgan fingerprint density at radius 1 is 0.518 bits per heavy atom. The first-order valence-electron chi connectivity index (χ1n) is 47.2. The van der Waals surface area contributed by atoms with E-state index >= 15 is 0 Å². The number of carbonyl (C=O) groups is 11. The van der Waals surface area contributed by atoms with Gasteiger partial charge in [-0.3, -0.25) is 52.8 Å². The molecule has 0 aromatic heterocycles. The fourth-order valence-electron chi connectivity index (χ4n) is 16.2. The SMILES string of the molecule is CC(=O)N[C@@H]1[C@@H](O)[C@H](C)[C@@H](CO)O[C@H]1C.C[C@H]1[C@H](O)[C@@H](NC(=O)CCSC2CC(=O)N(CCC(=O)NCCOCCOCCOCCOCCOCCOCCOCCOCCC(=O)NCCC3(C(=O)N[C@@H](Cc4ccc(NC(=O)c5c(Cl)cccc5Cl)cc4)C(=O)O)CCCC3)C2=O)[C@H](C)O[C@@H]1CO.C[C@H]1[C@H](O)[C@@H](NC(=O)CCSCC(N)=O)[C@H](C)O[C@@H]1CO.C[C@H]1[C@H](O)[C@@H](NCl)[C@H](C)O[C@@H]1CO. The van der Waals surface area contributed by atoms with Gasteiger partial charge in [-0.05, 0) is 88.6 Å². The topological polar surface area (TPSA) is 606 Å². The van der Waals surface area contributed by atoms with Crippen LogP contribution < -0.4 is 47.8 Å². The number of anilines is 1. The molecular formula is C92H149Cl3N10O32S2. The zero-order chi connectivity index (χ0) is 103. The van der Waals surface area contributed by atoms with Gasteiger partial charge in [0, 0.05) is 106 Å². The quantitative estimate of drug-likeness (QED) is 0.0249. The number of benzene rings is 2. The summed E-state index contributed by atoms with van der Waals surface area (Å²) in [6.07, 6.45) is -2.34. The predicted molar refractivity (Wildman–Crippen MR) is 515 cm³/mol. The highest BCUT2D eigenvalue weighted by Crippen LogP contribution is 2.42. The Morgan fingerprint density at radius 2 is 0.914 bits per heavy atom. The highest BCUT2D eigenvalue weighted by Gasteiger charge is 2.47. The molecule has 1 unspecified atom stereocenters. The molecule has 8 rings (SSSR count). The van der Waals surface area contributed by atoms with Gasteiger partial charge in [-0.2, -0.15) is 11.8 Å². The molecule has 0 bridgehead atoms. The second kappa shape index (κ2) is 67.3. The third-order valence-corrected chi connectivity index (χ3v) is 27.7. The van der Waals surface area contributed by atoms with E-state index in [1.165, 1.54) is 30.4 Å². The molecule has 139 heavy (non-hydrogen) atoms. The molecule has 5 aliphatic heterocycles. The van der Waals surface area contributed by atoms with Crippen molar-refractivity contribution in [2.24, 2.45) is 34.8 Å². The molecule has 10 amide bonds. The summed E-state index contributed by atoms with van der Waals surface area (Å²) >= 11 is 20.3. The average Bonchev–Trinajstić information content (AvgIpc) is 0.933. The van der Waals surface area contributed by atoms with Crippen LogP contribution in [0.15, 0.2) is 42.5 Å². The highest BCUT2D eigenvalue weighted by molar-refractivity contribution is 8.00. The number of hydrogen-bond donors (Lipinski definition) is 18. The van der Waals surface area contributed by atoms with E-state index < -0.39 is 95.3 Å². The fourth-order valence-corrected chi connectivity index (χ4v) is 18.8. The highest BCUT2D eigenvalue weighted by atomic mass is 35.5. The normalized spacial score (nSPS) is 26.7. The molecule has 1 aliphatic carbocycles. The van der Waals surface area contributed by atoms with Gasteiger partial charge in [-0.1, -0.05) is 81.9 Å². The number of carbonyl (C=O) groups excluding carboxylic acids is 10. The van der Waals surface area contributed by atoms with Crippen LogP contribution in [0.25, 0.3) is 0 Å². The van der Waals surface area contributed by atoms with E-state index in [4.69, 9.17) is 108 Å². The molecule has 42 nitrogen and oxygen atoms in total. The largest absolute Gasteiger partial charge is 0.480 e. The summed E-state index contributed by atoms with van der Waals surface area (Å²) in [6, 6.07) is 8.34. The Hall–Kier alpha value is -6.46. The van der Waals surface area contributed by atoms with Crippen LogP contribution in [0, 0.1) is 29.1 Å². The maximum Gasteiger partial charge on any atom is 0.326 e. The molecule has 1 saturated carbocycles. The van der Waals surface area contributed by atoms with Gasteiger partial charge in [0.05, 0.1) is 262 Å². The van der Waals surface area contributed by atoms with Gasteiger partial charge >= 0.3 is 5.97 Å². The van der Waals surface area contributed by atoms with Gasteiger partial charge in [0.2, 0.25) is 53.2 Å². The van der Waals surface area contributed by atoms with Crippen LogP contribution in [0.3, 0.4) is 0 Å². The van der Waals surface area contributed by atoms with Crippen LogP contribution in [0.2, 0.25) is 10.0 Å². The number of ether oxygens (including phenoxy) is 12. The van der Waals surface area contributed by atoms with E-state index in [1.807, 2.05) is 13.8 Å². The number of amides is 10. The Labute approximate surface area is 836 Å². The molecule has 2 aromatic carbocycles. The standard InChI is InChI=1S/C61H90Cl2N6O20S.C13H24N2O5S.C10H19NO4.C8H16ClNO3/c1-41-48(40-70)89-42(2)55(56(41)75)68-52(73)14-37-90-49-39-53(74)69(58(49)77)20-12-50(71)65-19-22-82-24-26-84-28-30-86-32-34-88-36-35-87-33-31-85-29-27-83-25-23-81-21-13-51(72)64-18-17-61(15-3-4-16-61)60(80)67-47(59(78)79)38-43-8-10-44(11-9-43)66-57(76)54-45(62)6-5-7-46(54)63;1-7-9(5-16)20-8(2)12(13(7)19)15-11(18)3-4-21-6-10(14)17;1-5-8(4-12)15-6(2)9(10(5)14)11-7(3)13;1-4-6(3-11)13-5(2)7(10-9)8(4)12/h5-11,41-42,47-49,55-56,70,75H,3-4,12-40H2,1-2H3,(H,64,72)(H,65,71)(H,66,76)(H,67,80)(H,68,73)(H,78,79);7-9,12-13,16,19H,3-6H2,1-2H3,(H2,14,17)(H,15,18);5-6,8-10,12,14H,4H2,1-3H3,(H,11,13);4-8,10-12H,3H2,1-2H3/t41-,42+,47+,48-,49?,55+,56+;7-,8+,9-,12+,13+;5-,6+,8-,9+,10+;4-,5+,6-,7+,8+/m1111/s1. The summed E-state index contributed by atoms with van der Waals surface area (Å²) in [4.78, 5) is 139. The smallest absolute Gasteiger partial charge is 0.326 e. The molecule has 0 radical (unpaired) electrons. The molecule has 2 aromatic rings. The lowest BCUT2D eigenvalue weighted by atomic mass is 9.81. The van der Waals surface area contributed by atoms with E-state index in [9.17, 15) is 88.5 Å². The summed E-state index contributed by atoms with van der Waals surface area (Å²) in [7, 11) is 0. The number of nitrogens with zero attached hydrogens (tertiary/aromatic N) is 1. The van der Waals surface area contributed by atoms with Crippen molar-refractivity contribution in [3.8, 4) is 0 Å². The number of aliphatic hydroxyl groups is 8. The molecule has 6 fully saturated rings. The Morgan fingerprint density at radius 3 is 1.33 bits per heavy atom. The third kappa shape index (κ3) is 43.4. The van der Waals surface area contributed by atoms with Crippen molar-refractivity contribution < 1.29 is 156 Å². The number of carboxylic acid groups (broad SMARTS) is 1. The van der Waals surface area contributed by atoms with Crippen LogP contribution in [-0.4, -0.2) is 394 Å². The first-order valence-corrected chi connectivity index (χ1v) is 50.6. The van der Waals surface area contributed by atoms with E-state index in [1.54, 1.807) is 84.0 Å². The van der Waals surface area contributed by atoms with E-state index in [-0.39, 0.29) is 232 Å². The Bertz CT molecular complexity index is 3980. The number of thioether (sulfide) groups is 2. The van der Waals surface area contributed by atoms with Gasteiger partial charge in [-0.15, -0.1) is 11.8 Å². The number of rotatable bonds is 57. The second-order valence-corrected chi connectivity index (χ2v) is 38.3. The third-order valence-electron chi connectivity index (χ3n) is 24.6. The lowest BCUT2D eigenvalue weighted by Gasteiger charge is -2.42. The number of aliphatic hydroxyl groups excluding tert-OH is 8. The van der Waals surface area contributed by atoms with Gasteiger partial charge in [-0.25, -0.2) is 9.63 Å². The van der Waals surface area contributed by atoms with Crippen molar-refractivity contribution in [3.05, 3.63) is 63.6 Å². The number of halogens is 3. The number of nitrogens with one attached hydrogen (secondary N) is 8. The molecule has 19 N–H and O–H groups in total. The average molecular weight is 2080 g/mol. The van der Waals surface area contributed by atoms with Crippen LogP contribution in [-0.2, 0) is 111 Å². The van der Waals surface area contributed by atoms with Crippen LogP contribution in [0.4, 0.5) is 5.69 Å². The monoisotopic (exact) mass is 2070 g/mol. The predicted octanol–water partition coefficient (Wildman–Crippen LogP) is 0.965. The number of likely N-dealkylation sites (tertiary alicyclic amines) is 1. The fraction of sp³-hybridized carbons (Fsp3) is 0.750. The first-order chi connectivity index (χ1) is 66.4. The maximum absolute atomic E-state index is 13.7. The lowest BCUT2D eigenvalue weighted by Crippen LogP contribution is -2.60.